The van der Waals surface area contributed by atoms with Gasteiger partial charge in [-0.25, -0.2) is 0 Å². The Morgan fingerprint density at radius 3 is 2.65 bits per heavy atom. The predicted molar refractivity (Wildman–Crippen MR) is 78.2 cm³/mol. The lowest BCUT2D eigenvalue weighted by molar-refractivity contribution is 0.170. The van der Waals surface area contributed by atoms with Gasteiger partial charge in [-0.2, -0.15) is 0 Å². The SMILES string of the molecule is COc1c(C2(CN)CCCC2)cc2c(c1Cl)OCCO2. The quantitative estimate of drug-likeness (QED) is 0.932. The topological polar surface area (TPSA) is 53.7 Å². The second kappa shape index (κ2) is 5.34. The molecule has 0 bridgehead atoms. The molecule has 2 N–H and O–H groups in total. The molecule has 1 fully saturated rings. The van der Waals surface area contributed by atoms with E-state index in [4.69, 9.17) is 31.5 Å². The van der Waals surface area contributed by atoms with E-state index in [1.807, 2.05) is 6.07 Å². The van der Waals surface area contributed by atoms with Crippen LogP contribution < -0.4 is 19.9 Å². The molecule has 0 saturated heterocycles. The van der Waals surface area contributed by atoms with Crippen molar-refractivity contribution in [3.63, 3.8) is 0 Å². The highest BCUT2D eigenvalue weighted by molar-refractivity contribution is 6.34. The summed E-state index contributed by atoms with van der Waals surface area (Å²) >= 11 is 6.46. The van der Waals surface area contributed by atoms with Gasteiger partial charge in [-0.3, -0.25) is 0 Å². The minimum atomic E-state index is -0.0508. The molecule has 5 heteroatoms. The fourth-order valence-electron chi connectivity index (χ4n) is 3.36. The zero-order valence-corrected chi connectivity index (χ0v) is 12.5. The first-order chi connectivity index (χ1) is 9.72. The van der Waals surface area contributed by atoms with Crippen molar-refractivity contribution in [1.29, 1.82) is 0 Å². The molecule has 1 aliphatic carbocycles. The molecule has 110 valence electrons. The van der Waals surface area contributed by atoms with E-state index in [0.29, 0.717) is 42.0 Å². The summed E-state index contributed by atoms with van der Waals surface area (Å²) in [4.78, 5) is 0. The Balaban J connectivity index is 2.16. The average molecular weight is 298 g/mol. The van der Waals surface area contributed by atoms with E-state index in [1.54, 1.807) is 7.11 Å². The molecule has 1 heterocycles. The van der Waals surface area contributed by atoms with Crippen LogP contribution in [0.3, 0.4) is 0 Å². The first kappa shape index (κ1) is 13.8. The minimum Gasteiger partial charge on any atom is -0.495 e. The van der Waals surface area contributed by atoms with Crippen molar-refractivity contribution in [2.75, 3.05) is 26.9 Å². The summed E-state index contributed by atoms with van der Waals surface area (Å²) in [6.07, 6.45) is 4.50. The molecular weight excluding hydrogens is 278 g/mol. The minimum absolute atomic E-state index is 0.0508. The van der Waals surface area contributed by atoms with Gasteiger partial charge in [0, 0.05) is 17.5 Å². The number of fused-ring (bicyclic) bond motifs is 1. The third kappa shape index (κ3) is 2.02. The highest BCUT2D eigenvalue weighted by Crippen LogP contribution is 2.52. The summed E-state index contributed by atoms with van der Waals surface area (Å²) < 4.78 is 16.9. The maximum absolute atomic E-state index is 6.46. The molecular formula is C15H20ClNO3. The molecule has 1 aromatic rings. The van der Waals surface area contributed by atoms with Gasteiger partial charge >= 0.3 is 0 Å². The normalized spacial score (nSPS) is 19.9. The monoisotopic (exact) mass is 297 g/mol. The molecule has 1 aromatic carbocycles. The molecule has 0 unspecified atom stereocenters. The highest BCUT2D eigenvalue weighted by Gasteiger charge is 2.39. The largest absolute Gasteiger partial charge is 0.495 e. The van der Waals surface area contributed by atoms with Crippen molar-refractivity contribution in [1.82, 2.24) is 0 Å². The number of hydrogen-bond acceptors (Lipinski definition) is 4. The standard InChI is InChI=1S/C15H20ClNO3/c1-18-13-10(15(9-17)4-2-3-5-15)8-11-14(12(13)16)20-7-6-19-11/h8H,2-7,9,17H2,1H3. The summed E-state index contributed by atoms with van der Waals surface area (Å²) in [6, 6.07) is 2.01. The summed E-state index contributed by atoms with van der Waals surface area (Å²) in [5.74, 6) is 1.98. The van der Waals surface area contributed by atoms with Gasteiger partial charge in [0.1, 0.15) is 24.0 Å². The van der Waals surface area contributed by atoms with Crippen LogP contribution in [0.2, 0.25) is 5.02 Å². The van der Waals surface area contributed by atoms with Crippen molar-refractivity contribution in [3.05, 3.63) is 16.7 Å². The van der Waals surface area contributed by atoms with Crippen LogP contribution in [0.1, 0.15) is 31.2 Å². The van der Waals surface area contributed by atoms with E-state index in [9.17, 15) is 0 Å². The Kier molecular flexibility index (Phi) is 3.69. The summed E-state index contributed by atoms with van der Waals surface area (Å²) in [5.41, 5.74) is 7.09. The van der Waals surface area contributed by atoms with Crippen LogP contribution in [0.5, 0.6) is 17.2 Å². The number of nitrogens with two attached hydrogens (primary N) is 1. The lowest BCUT2D eigenvalue weighted by Gasteiger charge is -2.32. The number of benzene rings is 1. The Hall–Kier alpha value is -1.13. The van der Waals surface area contributed by atoms with Gasteiger partial charge in [0.2, 0.25) is 0 Å². The van der Waals surface area contributed by atoms with Crippen LogP contribution >= 0.6 is 11.6 Å². The highest BCUT2D eigenvalue weighted by atomic mass is 35.5. The van der Waals surface area contributed by atoms with Gasteiger partial charge in [0.05, 0.1) is 7.11 Å². The van der Waals surface area contributed by atoms with Crippen molar-refractivity contribution < 1.29 is 14.2 Å². The van der Waals surface area contributed by atoms with E-state index in [2.05, 4.69) is 0 Å². The van der Waals surface area contributed by atoms with E-state index < -0.39 is 0 Å². The van der Waals surface area contributed by atoms with Gasteiger partial charge in [0.25, 0.3) is 0 Å². The zero-order valence-electron chi connectivity index (χ0n) is 11.7. The Morgan fingerprint density at radius 2 is 2.00 bits per heavy atom. The lowest BCUT2D eigenvalue weighted by Crippen LogP contribution is -2.33. The van der Waals surface area contributed by atoms with Crippen LogP contribution in [-0.4, -0.2) is 26.9 Å². The second-order valence-corrected chi connectivity index (χ2v) is 5.87. The zero-order chi connectivity index (χ0) is 14.2. The van der Waals surface area contributed by atoms with Gasteiger partial charge in [-0.15, -0.1) is 0 Å². The van der Waals surface area contributed by atoms with E-state index >= 15 is 0 Å². The predicted octanol–water partition coefficient (Wildman–Crippen LogP) is 2.89. The third-order valence-electron chi connectivity index (χ3n) is 4.46. The molecule has 20 heavy (non-hydrogen) atoms. The first-order valence-electron chi connectivity index (χ1n) is 7.08. The summed E-state index contributed by atoms with van der Waals surface area (Å²) in [7, 11) is 1.64. The Bertz CT molecular complexity index is 512. The molecule has 2 aliphatic rings. The Morgan fingerprint density at radius 1 is 1.30 bits per heavy atom. The molecule has 0 amide bonds. The van der Waals surface area contributed by atoms with Crippen LogP contribution in [0.15, 0.2) is 6.07 Å². The van der Waals surface area contributed by atoms with Crippen molar-refractivity contribution in [3.8, 4) is 17.2 Å². The number of rotatable bonds is 3. The maximum Gasteiger partial charge on any atom is 0.183 e. The smallest absolute Gasteiger partial charge is 0.183 e. The van der Waals surface area contributed by atoms with Crippen LogP contribution in [-0.2, 0) is 5.41 Å². The van der Waals surface area contributed by atoms with Gasteiger partial charge in [0.15, 0.2) is 11.5 Å². The van der Waals surface area contributed by atoms with Crippen LogP contribution in [0.4, 0.5) is 0 Å². The van der Waals surface area contributed by atoms with Crippen LogP contribution in [0, 0.1) is 0 Å². The second-order valence-electron chi connectivity index (χ2n) is 5.49. The average Bonchev–Trinajstić information content (AvgIpc) is 2.97. The van der Waals surface area contributed by atoms with Crippen LogP contribution in [0.25, 0.3) is 0 Å². The number of ether oxygens (including phenoxy) is 3. The third-order valence-corrected chi connectivity index (χ3v) is 4.80. The fourth-order valence-corrected chi connectivity index (χ4v) is 3.68. The number of hydrogen-bond donors (Lipinski definition) is 1. The molecule has 1 aliphatic heterocycles. The molecule has 0 radical (unpaired) electrons. The molecule has 0 atom stereocenters. The van der Waals surface area contributed by atoms with E-state index in [1.165, 1.54) is 12.8 Å². The number of halogens is 1. The van der Waals surface area contributed by atoms with E-state index in [0.717, 1.165) is 18.4 Å². The van der Waals surface area contributed by atoms with Gasteiger partial charge in [-0.05, 0) is 18.9 Å². The van der Waals surface area contributed by atoms with Gasteiger partial charge in [-0.1, -0.05) is 24.4 Å². The lowest BCUT2D eigenvalue weighted by atomic mass is 9.78. The summed E-state index contributed by atoms with van der Waals surface area (Å²) in [5, 5.41) is 0.499. The van der Waals surface area contributed by atoms with Gasteiger partial charge < -0.3 is 19.9 Å². The first-order valence-corrected chi connectivity index (χ1v) is 7.46. The Labute approximate surface area is 124 Å². The molecule has 0 spiro atoms. The van der Waals surface area contributed by atoms with Crippen molar-refractivity contribution >= 4 is 11.6 Å². The van der Waals surface area contributed by atoms with Crippen molar-refractivity contribution in [2.45, 2.75) is 31.1 Å². The number of methoxy groups -OCH3 is 1. The maximum atomic E-state index is 6.46. The van der Waals surface area contributed by atoms with Crippen molar-refractivity contribution in [2.24, 2.45) is 5.73 Å². The molecule has 3 rings (SSSR count). The molecule has 0 aromatic heterocycles. The summed E-state index contributed by atoms with van der Waals surface area (Å²) in [6.45, 7) is 1.65. The molecule has 1 saturated carbocycles. The molecule has 4 nitrogen and oxygen atoms in total. The fraction of sp³-hybridized carbons (Fsp3) is 0.600. The van der Waals surface area contributed by atoms with E-state index in [-0.39, 0.29) is 5.41 Å².